The summed E-state index contributed by atoms with van der Waals surface area (Å²) in [4.78, 5) is 4.52. The smallest absolute Gasteiger partial charge is 0.191 e. The van der Waals surface area contributed by atoms with E-state index in [1.165, 1.54) is 0 Å². The summed E-state index contributed by atoms with van der Waals surface area (Å²) in [6.45, 7) is 6.91. The number of nitrogens with zero attached hydrogens (tertiary/aromatic N) is 4. The van der Waals surface area contributed by atoms with Crippen LogP contribution in [0.25, 0.3) is 0 Å². The van der Waals surface area contributed by atoms with Crippen molar-refractivity contribution in [3.8, 4) is 0 Å². The summed E-state index contributed by atoms with van der Waals surface area (Å²) in [7, 11) is -0.909. The first-order valence-electron chi connectivity index (χ1n) is 9.00. The second kappa shape index (κ2) is 11.4. The Morgan fingerprint density at radius 1 is 1.23 bits per heavy atom. The Balaban J connectivity index is 1.75. The lowest BCUT2D eigenvalue weighted by molar-refractivity contribution is 0.633. The molecule has 7 nitrogen and oxygen atoms in total. The lowest BCUT2D eigenvalue weighted by Crippen LogP contribution is -2.39. The molecule has 2 aromatic rings. The molecule has 0 saturated heterocycles. The van der Waals surface area contributed by atoms with Crippen LogP contribution in [0.1, 0.15) is 25.2 Å². The van der Waals surface area contributed by atoms with Gasteiger partial charge in [0, 0.05) is 48.4 Å². The lowest BCUT2D eigenvalue weighted by Gasteiger charge is -2.12. The van der Waals surface area contributed by atoms with Crippen LogP contribution in [-0.4, -0.2) is 50.3 Å². The molecule has 1 unspecified atom stereocenters. The topological polar surface area (TPSA) is 84.2 Å². The Morgan fingerprint density at radius 2 is 2.04 bits per heavy atom. The zero-order valence-electron chi connectivity index (χ0n) is 15.5. The van der Waals surface area contributed by atoms with Crippen LogP contribution in [0, 0.1) is 0 Å². The van der Waals surface area contributed by atoms with Gasteiger partial charge >= 0.3 is 0 Å². The summed E-state index contributed by atoms with van der Waals surface area (Å²) in [5.74, 6) is 2.85. The number of hydrogen-bond acceptors (Lipinski definition) is 4. The molecule has 0 aliphatic heterocycles. The number of hydrogen-bond donors (Lipinski definition) is 2. The summed E-state index contributed by atoms with van der Waals surface area (Å²) in [6.07, 6.45) is 2.61. The fourth-order valence-corrected chi connectivity index (χ4v) is 3.47. The minimum atomic E-state index is -0.909. The maximum absolute atomic E-state index is 12.2. The van der Waals surface area contributed by atoms with E-state index in [2.05, 4.69) is 32.7 Å². The largest absolute Gasteiger partial charge is 0.357 e. The number of benzene rings is 1. The van der Waals surface area contributed by atoms with Gasteiger partial charge in [0.1, 0.15) is 12.2 Å². The van der Waals surface area contributed by atoms with E-state index >= 15 is 0 Å². The van der Waals surface area contributed by atoms with E-state index in [0.717, 1.165) is 43.4 Å². The molecule has 0 fully saturated rings. The monoisotopic (exact) mass is 376 g/mol. The summed E-state index contributed by atoms with van der Waals surface area (Å²) < 4.78 is 14.2. The average Bonchev–Trinajstić information content (AvgIpc) is 3.10. The molecule has 1 atom stereocenters. The number of guanidine groups is 1. The van der Waals surface area contributed by atoms with E-state index in [1.807, 2.05) is 41.8 Å². The van der Waals surface area contributed by atoms with E-state index in [0.29, 0.717) is 18.1 Å². The first-order chi connectivity index (χ1) is 12.7. The van der Waals surface area contributed by atoms with Crippen LogP contribution in [0.4, 0.5) is 0 Å². The third kappa shape index (κ3) is 6.95. The van der Waals surface area contributed by atoms with Gasteiger partial charge in [-0.05, 0) is 12.5 Å². The van der Waals surface area contributed by atoms with Crippen LogP contribution >= 0.6 is 0 Å². The molecule has 2 rings (SSSR count). The fourth-order valence-electron chi connectivity index (χ4n) is 2.47. The molecule has 0 saturated carbocycles. The maximum Gasteiger partial charge on any atom is 0.191 e. The summed E-state index contributed by atoms with van der Waals surface area (Å²) in [5.41, 5.74) is 1.10. The summed E-state index contributed by atoms with van der Waals surface area (Å²) in [6, 6.07) is 9.91. The van der Waals surface area contributed by atoms with Crippen molar-refractivity contribution >= 4 is 16.8 Å². The second-order valence-electron chi connectivity index (χ2n) is 5.76. The van der Waals surface area contributed by atoms with E-state index in [-0.39, 0.29) is 0 Å². The van der Waals surface area contributed by atoms with Crippen LogP contribution in [0.2, 0.25) is 0 Å². The molecule has 1 aromatic carbocycles. The molecule has 0 aliphatic carbocycles. The minimum absolute atomic E-state index is 0.529. The molecule has 1 aromatic heterocycles. The lowest BCUT2D eigenvalue weighted by atomic mass is 10.2. The highest BCUT2D eigenvalue weighted by Crippen LogP contribution is 2.02. The molecule has 0 amide bonds. The van der Waals surface area contributed by atoms with Crippen molar-refractivity contribution in [1.82, 2.24) is 25.4 Å². The van der Waals surface area contributed by atoms with Gasteiger partial charge in [0.2, 0.25) is 0 Å². The van der Waals surface area contributed by atoms with E-state index in [1.54, 1.807) is 6.33 Å². The van der Waals surface area contributed by atoms with Gasteiger partial charge in [0.25, 0.3) is 0 Å². The van der Waals surface area contributed by atoms with Gasteiger partial charge in [-0.1, -0.05) is 37.3 Å². The van der Waals surface area contributed by atoms with Crippen molar-refractivity contribution < 1.29 is 4.21 Å². The number of nitrogens with one attached hydrogen (secondary N) is 2. The summed E-state index contributed by atoms with van der Waals surface area (Å²) >= 11 is 0. The highest BCUT2D eigenvalue weighted by atomic mass is 32.2. The van der Waals surface area contributed by atoms with Crippen molar-refractivity contribution in [3.05, 3.63) is 48.0 Å². The maximum atomic E-state index is 12.2. The van der Waals surface area contributed by atoms with Crippen LogP contribution in [0.3, 0.4) is 0 Å². The minimum Gasteiger partial charge on any atom is -0.357 e. The number of aryl methyl sites for hydroxylation is 1. The molecule has 8 heteroatoms. The van der Waals surface area contributed by atoms with Crippen molar-refractivity contribution in [2.24, 2.45) is 4.99 Å². The average molecular weight is 377 g/mol. The highest BCUT2D eigenvalue weighted by Gasteiger charge is 2.04. The van der Waals surface area contributed by atoms with Crippen LogP contribution in [0.5, 0.6) is 0 Å². The van der Waals surface area contributed by atoms with E-state index in [4.69, 9.17) is 0 Å². The molecule has 2 N–H and O–H groups in total. The van der Waals surface area contributed by atoms with Crippen LogP contribution in [0.15, 0.2) is 41.7 Å². The first kappa shape index (κ1) is 20.1. The van der Waals surface area contributed by atoms with Gasteiger partial charge in [-0.15, -0.1) is 10.2 Å². The van der Waals surface area contributed by atoms with E-state index in [9.17, 15) is 4.21 Å². The Hall–Kier alpha value is -2.22. The standard InChI is InChI=1S/C18H28N6OS/c1-3-17-23-22-15-24(17)12-10-20-18(19-4-2)21-11-13-26(25)14-16-8-6-5-7-9-16/h5-9,15H,3-4,10-14H2,1-2H3,(H2,19,20,21). The van der Waals surface area contributed by atoms with Gasteiger partial charge in [-0.3, -0.25) is 9.20 Å². The Bertz CT molecular complexity index is 701. The van der Waals surface area contributed by atoms with Crippen molar-refractivity contribution in [3.63, 3.8) is 0 Å². The van der Waals surface area contributed by atoms with Gasteiger partial charge in [0.05, 0.1) is 6.54 Å². The predicted molar refractivity (Wildman–Crippen MR) is 107 cm³/mol. The van der Waals surface area contributed by atoms with Gasteiger partial charge in [-0.25, -0.2) is 0 Å². The predicted octanol–water partition coefficient (Wildman–Crippen LogP) is 1.34. The van der Waals surface area contributed by atoms with Crippen molar-refractivity contribution in [2.75, 3.05) is 25.4 Å². The number of aromatic nitrogens is 3. The fraction of sp³-hybridized carbons (Fsp3) is 0.500. The SMILES string of the molecule is CCNC(=NCCS(=O)Cc1ccccc1)NCCn1cnnc1CC. The second-order valence-corrected chi connectivity index (χ2v) is 7.33. The van der Waals surface area contributed by atoms with Gasteiger partial charge < -0.3 is 15.2 Å². The Kier molecular flexibility index (Phi) is 8.82. The van der Waals surface area contributed by atoms with Crippen LogP contribution in [-0.2, 0) is 29.5 Å². The zero-order chi connectivity index (χ0) is 18.6. The van der Waals surface area contributed by atoms with Crippen LogP contribution < -0.4 is 10.6 Å². The number of aliphatic imine (C=N–C) groups is 1. The van der Waals surface area contributed by atoms with Crippen molar-refractivity contribution in [1.29, 1.82) is 0 Å². The van der Waals surface area contributed by atoms with Gasteiger partial charge in [-0.2, -0.15) is 0 Å². The molecule has 142 valence electrons. The molecule has 0 radical (unpaired) electrons. The Labute approximate surface area is 157 Å². The molecule has 0 spiro atoms. The highest BCUT2D eigenvalue weighted by molar-refractivity contribution is 7.84. The summed E-state index contributed by atoms with van der Waals surface area (Å²) in [5, 5.41) is 14.5. The molecular formula is C18H28N6OS. The molecule has 0 aliphatic rings. The first-order valence-corrected chi connectivity index (χ1v) is 10.5. The molecule has 26 heavy (non-hydrogen) atoms. The Morgan fingerprint density at radius 3 is 2.77 bits per heavy atom. The van der Waals surface area contributed by atoms with Gasteiger partial charge in [0.15, 0.2) is 5.96 Å². The van der Waals surface area contributed by atoms with E-state index < -0.39 is 10.8 Å². The zero-order valence-corrected chi connectivity index (χ0v) is 16.3. The third-order valence-corrected chi connectivity index (χ3v) is 5.05. The quantitative estimate of drug-likeness (QED) is 0.483. The van der Waals surface area contributed by atoms with Crippen molar-refractivity contribution in [2.45, 2.75) is 32.6 Å². The molecule has 1 heterocycles. The molecule has 0 bridgehead atoms. The normalized spacial score (nSPS) is 12.8. The number of rotatable bonds is 10. The molecular weight excluding hydrogens is 348 g/mol. The third-order valence-electron chi connectivity index (χ3n) is 3.76.